The molecule has 16 heteroatoms. The van der Waals surface area contributed by atoms with E-state index < -0.39 is 56.9 Å². The highest BCUT2D eigenvalue weighted by atomic mass is 79.9. The quantitative estimate of drug-likeness (QED) is 0.138. The molecule has 0 aromatic carbocycles. The SMILES string of the molecule is CC(C)OC(=O)OCOP(=O)(C/C=C/Cn1cc(/C(Br)=C\Br)c(=O)[nH]c1=O)OCOC(=O)OC(C)C. The molecule has 0 aliphatic carbocycles. The first kappa shape index (κ1) is 31.8. The van der Waals surface area contributed by atoms with E-state index >= 15 is 0 Å². The monoisotopic (exact) mass is 660 g/mol. The van der Waals surface area contributed by atoms with Crippen LogP contribution in [0.1, 0.15) is 33.3 Å². The summed E-state index contributed by atoms with van der Waals surface area (Å²) in [5.41, 5.74) is -1.04. The van der Waals surface area contributed by atoms with E-state index in [0.29, 0.717) is 4.48 Å². The van der Waals surface area contributed by atoms with E-state index in [1.807, 2.05) is 0 Å². The van der Waals surface area contributed by atoms with Crippen molar-refractivity contribution in [3.8, 4) is 0 Å². The normalized spacial score (nSPS) is 12.3. The van der Waals surface area contributed by atoms with Gasteiger partial charge >= 0.3 is 25.6 Å². The van der Waals surface area contributed by atoms with Gasteiger partial charge in [-0.25, -0.2) is 14.4 Å². The fourth-order valence-corrected chi connectivity index (χ4v) is 3.82. The highest BCUT2D eigenvalue weighted by Crippen LogP contribution is 2.48. The van der Waals surface area contributed by atoms with Crippen molar-refractivity contribution < 1.29 is 42.1 Å². The van der Waals surface area contributed by atoms with Crippen LogP contribution in [0.15, 0.2) is 32.9 Å². The maximum atomic E-state index is 13.0. The molecule has 1 N–H and O–H groups in total. The van der Waals surface area contributed by atoms with Crippen molar-refractivity contribution in [2.24, 2.45) is 0 Å². The topological polar surface area (TPSA) is 161 Å². The number of aromatic nitrogens is 2. The Morgan fingerprint density at radius 3 is 2.03 bits per heavy atom. The third-order valence-electron chi connectivity index (χ3n) is 3.68. The number of carbonyl (C=O) groups excluding carboxylic acids is 2. The van der Waals surface area contributed by atoms with Crippen LogP contribution in [-0.4, -0.2) is 53.8 Å². The predicted molar refractivity (Wildman–Crippen MR) is 136 cm³/mol. The van der Waals surface area contributed by atoms with Gasteiger partial charge in [0.05, 0.1) is 23.9 Å². The molecule has 0 aliphatic rings. The average molecular weight is 662 g/mol. The molecule has 0 amide bonds. The van der Waals surface area contributed by atoms with E-state index in [2.05, 4.69) is 36.8 Å². The van der Waals surface area contributed by atoms with Crippen LogP contribution in [-0.2, 0) is 39.1 Å². The van der Waals surface area contributed by atoms with Gasteiger partial charge in [0.1, 0.15) is 0 Å². The molecule has 1 rings (SSSR count). The van der Waals surface area contributed by atoms with Crippen molar-refractivity contribution in [2.45, 2.75) is 46.4 Å². The Hall–Kier alpha value is -2.19. The first-order valence-corrected chi connectivity index (χ1v) is 13.8. The second-order valence-corrected chi connectivity index (χ2v) is 10.7. The highest BCUT2D eigenvalue weighted by Gasteiger charge is 2.25. The van der Waals surface area contributed by atoms with E-state index in [1.54, 1.807) is 27.7 Å². The molecular formula is C20H27Br2N2O11P. The van der Waals surface area contributed by atoms with Crippen molar-refractivity contribution in [1.82, 2.24) is 9.55 Å². The molecule has 0 saturated heterocycles. The molecule has 0 fully saturated rings. The van der Waals surface area contributed by atoms with Gasteiger partial charge in [0.25, 0.3) is 5.56 Å². The number of halogens is 2. The van der Waals surface area contributed by atoms with E-state index in [4.69, 9.17) is 28.0 Å². The number of rotatable bonds is 13. The van der Waals surface area contributed by atoms with Gasteiger partial charge in [0.2, 0.25) is 13.6 Å². The van der Waals surface area contributed by atoms with Crippen LogP contribution in [0.5, 0.6) is 0 Å². The summed E-state index contributed by atoms with van der Waals surface area (Å²) in [6, 6.07) is 0. The number of hydrogen-bond donors (Lipinski definition) is 1. The zero-order valence-electron chi connectivity index (χ0n) is 19.9. The van der Waals surface area contributed by atoms with Gasteiger partial charge in [-0.3, -0.25) is 28.0 Å². The van der Waals surface area contributed by atoms with Crippen LogP contribution >= 0.6 is 39.5 Å². The number of ether oxygens (including phenoxy) is 4. The lowest BCUT2D eigenvalue weighted by molar-refractivity contribution is -0.0298. The van der Waals surface area contributed by atoms with Gasteiger partial charge in [-0.2, -0.15) is 0 Å². The van der Waals surface area contributed by atoms with Gasteiger partial charge in [0, 0.05) is 17.2 Å². The van der Waals surface area contributed by atoms with Crippen LogP contribution in [0.25, 0.3) is 4.48 Å². The summed E-state index contributed by atoms with van der Waals surface area (Å²) in [4.78, 5) is 50.6. The average Bonchev–Trinajstić information content (AvgIpc) is 2.76. The Balaban J connectivity index is 2.86. The maximum Gasteiger partial charge on any atom is 0.510 e. The third kappa shape index (κ3) is 12.2. The van der Waals surface area contributed by atoms with Crippen molar-refractivity contribution >= 4 is 56.2 Å². The first-order chi connectivity index (χ1) is 16.9. The zero-order chi connectivity index (χ0) is 27.3. The number of aromatic amines is 1. The Labute approximate surface area is 223 Å². The summed E-state index contributed by atoms with van der Waals surface area (Å²) < 4.78 is 43.8. The molecule has 1 aromatic heterocycles. The lowest BCUT2D eigenvalue weighted by Crippen LogP contribution is -2.30. The first-order valence-electron chi connectivity index (χ1n) is 10.4. The van der Waals surface area contributed by atoms with E-state index in [0.717, 1.165) is 0 Å². The van der Waals surface area contributed by atoms with Crippen LogP contribution in [0.4, 0.5) is 9.59 Å². The molecule has 0 atom stereocenters. The Bertz CT molecular complexity index is 1080. The Kier molecular flexibility index (Phi) is 14.0. The summed E-state index contributed by atoms with van der Waals surface area (Å²) in [6.45, 7) is 4.92. The highest BCUT2D eigenvalue weighted by molar-refractivity contribution is 9.16. The van der Waals surface area contributed by atoms with E-state index in [-0.39, 0.29) is 18.3 Å². The molecule has 1 aromatic rings. The molecule has 0 radical (unpaired) electrons. The second-order valence-electron chi connectivity index (χ2n) is 7.29. The molecule has 0 aliphatic heterocycles. The van der Waals surface area contributed by atoms with Crippen molar-refractivity contribution in [3.63, 3.8) is 0 Å². The number of nitrogens with zero attached hydrogens (tertiary/aromatic N) is 1. The van der Waals surface area contributed by atoms with Crippen LogP contribution in [0.3, 0.4) is 0 Å². The number of carbonyl (C=O) groups is 2. The lowest BCUT2D eigenvalue weighted by Gasteiger charge is -2.17. The number of allylic oxidation sites excluding steroid dienone is 2. The van der Waals surface area contributed by atoms with Gasteiger partial charge < -0.3 is 18.9 Å². The van der Waals surface area contributed by atoms with E-state index in [9.17, 15) is 23.7 Å². The largest absolute Gasteiger partial charge is 0.510 e. The van der Waals surface area contributed by atoms with Gasteiger partial charge in [-0.05, 0) is 48.6 Å². The van der Waals surface area contributed by atoms with Crippen LogP contribution in [0, 0.1) is 0 Å². The summed E-state index contributed by atoms with van der Waals surface area (Å²) in [7, 11) is -3.99. The predicted octanol–water partition coefficient (Wildman–Crippen LogP) is 4.45. The minimum absolute atomic E-state index is 0.000389. The molecular weight excluding hydrogens is 635 g/mol. The molecule has 36 heavy (non-hydrogen) atoms. The fraction of sp³-hybridized carbons (Fsp3) is 0.500. The lowest BCUT2D eigenvalue weighted by atomic mass is 10.3. The van der Waals surface area contributed by atoms with Crippen LogP contribution in [0.2, 0.25) is 0 Å². The molecule has 0 unspecified atom stereocenters. The summed E-state index contributed by atoms with van der Waals surface area (Å²) in [6.07, 6.45) is 0.887. The molecule has 0 spiro atoms. The van der Waals surface area contributed by atoms with Gasteiger partial charge in [0.15, 0.2) is 0 Å². The standard InChI is InChI=1S/C20H27Br2N2O11P/c1-13(2)34-19(27)30-11-32-36(29,33-12-31-20(28)35-14(3)4)8-6-5-7-24-10-15(16(22)9-21)17(25)23-18(24)26/h5-6,9-10,13-14H,7-8,11-12H2,1-4H3,(H,23,25,26)/b6-5+,16-9+. The summed E-state index contributed by atoms with van der Waals surface area (Å²) in [5.74, 6) is 0. The number of H-pyrrole nitrogens is 1. The minimum Gasteiger partial charge on any atom is -0.432 e. The smallest absolute Gasteiger partial charge is 0.432 e. The van der Waals surface area contributed by atoms with E-state index in [1.165, 1.54) is 27.9 Å². The second kappa shape index (κ2) is 15.8. The molecule has 202 valence electrons. The van der Waals surface area contributed by atoms with Crippen molar-refractivity contribution in [3.05, 3.63) is 49.7 Å². The van der Waals surface area contributed by atoms with Gasteiger partial charge in [-0.1, -0.05) is 28.1 Å². The Morgan fingerprint density at radius 1 is 1.03 bits per heavy atom. The van der Waals surface area contributed by atoms with Crippen molar-refractivity contribution in [2.75, 3.05) is 19.7 Å². The zero-order valence-corrected chi connectivity index (χ0v) is 24.0. The summed E-state index contributed by atoms with van der Waals surface area (Å²) in [5, 5.41) is 0. The molecule has 0 bridgehead atoms. The van der Waals surface area contributed by atoms with Gasteiger partial charge in [-0.15, -0.1) is 0 Å². The van der Waals surface area contributed by atoms with Crippen LogP contribution < -0.4 is 11.2 Å². The fourth-order valence-electron chi connectivity index (χ4n) is 2.17. The number of hydrogen-bond acceptors (Lipinski definition) is 11. The minimum atomic E-state index is -3.99. The Morgan fingerprint density at radius 2 is 1.56 bits per heavy atom. The molecule has 0 saturated carbocycles. The van der Waals surface area contributed by atoms with Crippen molar-refractivity contribution in [1.29, 1.82) is 0 Å². The number of nitrogens with one attached hydrogen (secondary N) is 1. The molecule has 1 heterocycles. The maximum absolute atomic E-state index is 13.0. The summed E-state index contributed by atoms with van der Waals surface area (Å²) >= 11 is 6.29. The third-order valence-corrected chi connectivity index (χ3v) is 7.06. The molecule has 13 nitrogen and oxygen atoms in total.